The third-order valence-electron chi connectivity index (χ3n) is 4.65. The van der Waals surface area contributed by atoms with Crippen molar-refractivity contribution in [3.05, 3.63) is 65.7 Å². The van der Waals surface area contributed by atoms with E-state index in [0.717, 1.165) is 16.9 Å². The third-order valence-corrected chi connectivity index (χ3v) is 4.65. The van der Waals surface area contributed by atoms with Gasteiger partial charge in [-0.1, -0.05) is 48.5 Å². The number of rotatable bonds is 7. The number of amides is 1. The van der Waals surface area contributed by atoms with Crippen LogP contribution in [0, 0.1) is 0 Å². The molecule has 6 heteroatoms. The van der Waals surface area contributed by atoms with E-state index in [1.54, 1.807) is 20.8 Å². The van der Waals surface area contributed by atoms with Gasteiger partial charge >= 0.3 is 12.1 Å². The van der Waals surface area contributed by atoms with E-state index in [0.29, 0.717) is 13.0 Å². The SMILES string of the molecule is CC(C)(C)OC(=O)N(CC(=O)O)[C@@H]1C[C@H]1c1ccccc1OCc1ccccc1. The number of hydrogen-bond acceptors (Lipinski definition) is 4. The maximum Gasteiger partial charge on any atom is 0.411 e. The first-order valence-corrected chi connectivity index (χ1v) is 9.71. The minimum atomic E-state index is -1.06. The molecule has 29 heavy (non-hydrogen) atoms. The number of carboxylic acid groups (broad SMARTS) is 1. The quantitative estimate of drug-likeness (QED) is 0.747. The zero-order valence-corrected chi connectivity index (χ0v) is 17.0. The summed E-state index contributed by atoms with van der Waals surface area (Å²) in [6.07, 6.45) is 0.0770. The Morgan fingerprint density at radius 1 is 1.07 bits per heavy atom. The molecule has 3 rings (SSSR count). The molecule has 1 saturated carbocycles. The van der Waals surface area contributed by atoms with Gasteiger partial charge in [0.25, 0.3) is 0 Å². The van der Waals surface area contributed by atoms with Gasteiger partial charge in [0.15, 0.2) is 0 Å². The van der Waals surface area contributed by atoms with Gasteiger partial charge in [0.2, 0.25) is 0 Å². The summed E-state index contributed by atoms with van der Waals surface area (Å²) in [6.45, 7) is 5.35. The van der Waals surface area contributed by atoms with Gasteiger partial charge in [-0.3, -0.25) is 9.69 Å². The predicted octanol–water partition coefficient (Wildman–Crippen LogP) is 4.44. The average molecular weight is 397 g/mol. The van der Waals surface area contributed by atoms with Gasteiger partial charge in [-0.25, -0.2) is 4.79 Å². The van der Waals surface area contributed by atoms with Crippen molar-refractivity contribution in [3.63, 3.8) is 0 Å². The van der Waals surface area contributed by atoms with Crippen molar-refractivity contribution in [2.45, 2.75) is 51.4 Å². The molecule has 1 N–H and O–H groups in total. The molecule has 0 heterocycles. The van der Waals surface area contributed by atoms with E-state index < -0.39 is 17.7 Å². The van der Waals surface area contributed by atoms with Crippen LogP contribution in [-0.4, -0.2) is 40.3 Å². The summed E-state index contributed by atoms with van der Waals surface area (Å²) in [5, 5.41) is 9.26. The van der Waals surface area contributed by atoms with E-state index in [1.165, 1.54) is 4.90 Å². The van der Waals surface area contributed by atoms with Crippen LogP contribution >= 0.6 is 0 Å². The number of ether oxygens (including phenoxy) is 2. The van der Waals surface area contributed by atoms with Crippen molar-refractivity contribution in [1.29, 1.82) is 0 Å². The van der Waals surface area contributed by atoms with E-state index in [9.17, 15) is 14.7 Å². The van der Waals surface area contributed by atoms with Crippen LogP contribution in [0.2, 0.25) is 0 Å². The van der Waals surface area contributed by atoms with Gasteiger partial charge in [0.05, 0.1) is 0 Å². The fourth-order valence-electron chi connectivity index (χ4n) is 3.30. The number of para-hydroxylation sites is 1. The van der Waals surface area contributed by atoms with Gasteiger partial charge in [-0.2, -0.15) is 0 Å². The lowest BCUT2D eigenvalue weighted by atomic mass is 10.1. The molecule has 0 radical (unpaired) electrons. The van der Waals surface area contributed by atoms with Crippen molar-refractivity contribution in [2.24, 2.45) is 0 Å². The van der Waals surface area contributed by atoms with Gasteiger partial charge in [-0.15, -0.1) is 0 Å². The molecule has 1 amide bonds. The fourth-order valence-corrected chi connectivity index (χ4v) is 3.30. The number of benzene rings is 2. The van der Waals surface area contributed by atoms with Crippen molar-refractivity contribution in [3.8, 4) is 5.75 Å². The van der Waals surface area contributed by atoms with E-state index in [-0.39, 0.29) is 18.5 Å². The number of carbonyl (C=O) groups excluding carboxylic acids is 1. The van der Waals surface area contributed by atoms with Crippen LogP contribution in [0.25, 0.3) is 0 Å². The van der Waals surface area contributed by atoms with Crippen LogP contribution in [0.15, 0.2) is 54.6 Å². The highest BCUT2D eigenvalue weighted by Gasteiger charge is 2.47. The molecule has 0 aliphatic heterocycles. The zero-order valence-electron chi connectivity index (χ0n) is 17.0. The van der Waals surface area contributed by atoms with Gasteiger partial charge in [0, 0.05) is 12.0 Å². The highest BCUT2D eigenvalue weighted by atomic mass is 16.6. The second kappa shape index (κ2) is 8.55. The topological polar surface area (TPSA) is 76.1 Å². The Balaban J connectivity index is 1.73. The molecule has 2 atom stereocenters. The fraction of sp³-hybridized carbons (Fsp3) is 0.391. The highest BCUT2D eigenvalue weighted by molar-refractivity contribution is 5.78. The van der Waals surface area contributed by atoms with E-state index >= 15 is 0 Å². The molecular formula is C23H27NO5. The van der Waals surface area contributed by atoms with E-state index in [1.807, 2.05) is 54.6 Å². The number of nitrogens with zero attached hydrogens (tertiary/aromatic N) is 1. The largest absolute Gasteiger partial charge is 0.489 e. The molecule has 2 aromatic rings. The van der Waals surface area contributed by atoms with Crippen LogP contribution in [0.3, 0.4) is 0 Å². The van der Waals surface area contributed by atoms with Crippen LogP contribution in [0.5, 0.6) is 5.75 Å². The highest BCUT2D eigenvalue weighted by Crippen LogP contribution is 2.48. The van der Waals surface area contributed by atoms with Crippen molar-refractivity contribution in [1.82, 2.24) is 4.90 Å². The lowest BCUT2D eigenvalue weighted by molar-refractivity contribution is -0.138. The Hall–Kier alpha value is -3.02. The minimum absolute atomic E-state index is 0.0221. The lowest BCUT2D eigenvalue weighted by Crippen LogP contribution is -2.41. The van der Waals surface area contributed by atoms with Crippen molar-refractivity contribution < 1.29 is 24.2 Å². The van der Waals surface area contributed by atoms with Gasteiger partial charge in [0.1, 0.15) is 24.5 Å². The maximum absolute atomic E-state index is 12.6. The predicted molar refractivity (Wildman–Crippen MR) is 109 cm³/mol. The molecule has 1 aliphatic carbocycles. The third kappa shape index (κ3) is 5.73. The van der Waals surface area contributed by atoms with Crippen LogP contribution in [0.1, 0.15) is 44.2 Å². The summed E-state index contributed by atoms with van der Waals surface area (Å²) < 4.78 is 11.4. The van der Waals surface area contributed by atoms with Crippen LogP contribution in [0.4, 0.5) is 4.79 Å². The summed E-state index contributed by atoms with van der Waals surface area (Å²) in [4.78, 5) is 25.2. The second-order valence-electron chi connectivity index (χ2n) is 8.22. The Morgan fingerprint density at radius 3 is 2.38 bits per heavy atom. The van der Waals surface area contributed by atoms with Gasteiger partial charge in [-0.05, 0) is 44.4 Å². The smallest absolute Gasteiger partial charge is 0.411 e. The monoisotopic (exact) mass is 397 g/mol. The molecule has 0 bridgehead atoms. The molecule has 1 aliphatic rings. The number of hydrogen-bond donors (Lipinski definition) is 1. The molecule has 0 saturated heterocycles. The number of carbonyl (C=O) groups is 2. The minimum Gasteiger partial charge on any atom is -0.489 e. The second-order valence-corrected chi connectivity index (χ2v) is 8.22. The summed E-state index contributed by atoms with van der Waals surface area (Å²) in [7, 11) is 0. The van der Waals surface area contributed by atoms with E-state index in [4.69, 9.17) is 9.47 Å². The zero-order chi connectivity index (χ0) is 21.0. The van der Waals surface area contributed by atoms with Crippen molar-refractivity contribution >= 4 is 12.1 Å². The molecule has 1 fully saturated rings. The first-order valence-electron chi connectivity index (χ1n) is 9.71. The number of carboxylic acids is 1. The maximum atomic E-state index is 12.6. The van der Waals surface area contributed by atoms with Crippen LogP contribution < -0.4 is 4.74 Å². The van der Waals surface area contributed by atoms with Crippen molar-refractivity contribution in [2.75, 3.05) is 6.54 Å². The Kier molecular flexibility index (Phi) is 6.11. The first-order chi connectivity index (χ1) is 13.7. The normalized spacial score (nSPS) is 18.0. The molecule has 2 aromatic carbocycles. The summed E-state index contributed by atoms with van der Waals surface area (Å²) in [5.41, 5.74) is 1.36. The number of aliphatic carboxylic acids is 1. The summed E-state index contributed by atoms with van der Waals surface area (Å²) >= 11 is 0. The molecule has 0 aromatic heterocycles. The van der Waals surface area contributed by atoms with Gasteiger partial charge < -0.3 is 14.6 Å². The molecule has 0 unspecified atom stereocenters. The standard InChI is InChI=1S/C23H27NO5/c1-23(2,3)29-22(27)24(14-21(25)26)19-13-18(19)17-11-7-8-12-20(17)28-15-16-9-5-4-6-10-16/h4-12,18-19H,13-15H2,1-3H3,(H,25,26)/t18-,19+/m0/s1. The average Bonchev–Trinajstić information content (AvgIpc) is 3.44. The molecule has 154 valence electrons. The summed E-state index contributed by atoms with van der Waals surface area (Å²) in [5.74, 6) is -0.285. The Labute approximate surface area is 171 Å². The molecular weight excluding hydrogens is 370 g/mol. The Bertz CT molecular complexity index is 859. The molecule has 6 nitrogen and oxygen atoms in total. The summed E-state index contributed by atoms with van der Waals surface area (Å²) in [6, 6.07) is 17.4. The van der Waals surface area contributed by atoms with Crippen LogP contribution in [-0.2, 0) is 16.1 Å². The molecule has 0 spiro atoms. The van der Waals surface area contributed by atoms with E-state index in [2.05, 4.69) is 0 Å². The Morgan fingerprint density at radius 2 is 1.72 bits per heavy atom. The first kappa shape index (κ1) is 20.7. The lowest BCUT2D eigenvalue weighted by Gasteiger charge is -2.27.